The second kappa shape index (κ2) is 13.9. The van der Waals surface area contributed by atoms with Crippen LogP contribution < -0.4 is 5.32 Å². The number of rotatable bonds is 11. The number of benzene rings is 3. The van der Waals surface area contributed by atoms with Gasteiger partial charge in [-0.15, -0.1) is 11.8 Å². The van der Waals surface area contributed by atoms with E-state index >= 15 is 0 Å². The summed E-state index contributed by atoms with van der Waals surface area (Å²) in [5, 5.41) is 3.03. The summed E-state index contributed by atoms with van der Waals surface area (Å²) in [4.78, 5) is 28.7. The fourth-order valence-corrected chi connectivity index (χ4v) is 5.27. The molecule has 1 N–H and O–H groups in total. The lowest BCUT2D eigenvalue weighted by molar-refractivity contribution is -0.139. The summed E-state index contributed by atoms with van der Waals surface area (Å²) in [6.07, 6.45) is 0.455. The zero-order valence-corrected chi connectivity index (χ0v) is 23.9. The van der Waals surface area contributed by atoms with Crippen LogP contribution >= 0.6 is 43.6 Å². The quantitative estimate of drug-likeness (QED) is 0.263. The molecule has 3 rings (SSSR count). The molecule has 0 aliphatic rings. The topological polar surface area (TPSA) is 49.4 Å². The summed E-state index contributed by atoms with van der Waals surface area (Å²) < 4.78 is 1.97. The molecule has 35 heavy (non-hydrogen) atoms. The minimum absolute atomic E-state index is 0.0182. The highest BCUT2D eigenvalue weighted by atomic mass is 79.9. The maximum atomic E-state index is 13.6. The smallest absolute Gasteiger partial charge is 0.243 e. The third-order valence-electron chi connectivity index (χ3n) is 5.35. The van der Waals surface area contributed by atoms with E-state index in [0.29, 0.717) is 18.7 Å². The fraction of sp³-hybridized carbons (Fsp3) is 0.286. The van der Waals surface area contributed by atoms with E-state index in [0.717, 1.165) is 31.4 Å². The highest BCUT2D eigenvalue weighted by Gasteiger charge is 2.30. The van der Waals surface area contributed by atoms with Crippen LogP contribution in [0.25, 0.3) is 0 Å². The number of carbonyl (C=O) groups excluding carboxylic acids is 2. The first-order chi connectivity index (χ1) is 16.8. The molecule has 0 aliphatic carbocycles. The summed E-state index contributed by atoms with van der Waals surface area (Å²) in [5.74, 6) is 0.840. The Morgan fingerprint density at radius 1 is 0.857 bits per heavy atom. The number of halogens is 2. The Morgan fingerprint density at radius 2 is 1.54 bits per heavy atom. The second-order valence-corrected chi connectivity index (χ2v) is 11.5. The van der Waals surface area contributed by atoms with Crippen LogP contribution in [0.3, 0.4) is 0 Å². The molecule has 3 aromatic rings. The van der Waals surface area contributed by atoms with Crippen molar-refractivity contribution in [3.05, 3.63) is 104 Å². The van der Waals surface area contributed by atoms with E-state index in [9.17, 15) is 9.59 Å². The normalized spacial score (nSPS) is 11.8. The number of thioether (sulfide) groups is 1. The highest BCUT2D eigenvalue weighted by molar-refractivity contribution is 9.10. The van der Waals surface area contributed by atoms with Gasteiger partial charge in [-0.2, -0.15) is 0 Å². The van der Waals surface area contributed by atoms with Gasteiger partial charge in [0.15, 0.2) is 0 Å². The van der Waals surface area contributed by atoms with Crippen molar-refractivity contribution in [2.45, 2.75) is 44.6 Å². The van der Waals surface area contributed by atoms with Crippen molar-refractivity contribution in [2.24, 2.45) is 0 Å². The maximum absolute atomic E-state index is 13.6. The summed E-state index contributed by atoms with van der Waals surface area (Å²) >= 11 is 8.55. The minimum Gasteiger partial charge on any atom is -0.352 e. The Labute approximate surface area is 229 Å². The maximum Gasteiger partial charge on any atom is 0.243 e. The third kappa shape index (κ3) is 9.13. The van der Waals surface area contributed by atoms with Gasteiger partial charge in [0.05, 0.1) is 5.75 Å². The largest absolute Gasteiger partial charge is 0.352 e. The average Bonchev–Trinajstić information content (AvgIpc) is 2.82. The van der Waals surface area contributed by atoms with E-state index in [1.807, 2.05) is 80.6 Å². The van der Waals surface area contributed by atoms with Gasteiger partial charge < -0.3 is 10.2 Å². The minimum atomic E-state index is -0.612. The molecule has 0 bridgehead atoms. The first-order valence-corrected chi connectivity index (χ1v) is 14.3. The van der Waals surface area contributed by atoms with Gasteiger partial charge in [-0.1, -0.05) is 86.5 Å². The number of amides is 2. The summed E-state index contributed by atoms with van der Waals surface area (Å²) in [6, 6.07) is 25.2. The molecule has 0 aromatic heterocycles. The summed E-state index contributed by atoms with van der Waals surface area (Å²) in [7, 11) is 0. The van der Waals surface area contributed by atoms with Crippen molar-refractivity contribution in [3.8, 4) is 0 Å². The third-order valence-corrected chi connectivity index (χ3v) is 7.36. The van der Waals surface area contributed by atoms with E-state index in [1.54, 1.807) is 16.7 Å². The Hall–Kier alpha value is -2.09. The average molecular weight is 618 g/mol. The first-order valence-electron chi connectivity index (χ1n) is 11.5. The van der Waals surface area contributed by atoms with Crippen molar-refractivity contribution in [1.29, 1.82) is 0 Å². The van der Waals surface area contributed by atoms with Crippen LogP contribution in [0.1, 0.15) is 30.5 Å². The van der Waals surface area contributed by atoms with Crippen molar-refractivity contribution < 1.29 is 9.59 Å². The molecule has 0 fully saturated rings. The van der Waals surface area contributed by atoms with Crippen molar-refractivity contribution in [3.63, 3.8) is 0 Å². The highest BCUT2D eigenvalue weighted by Crippen LogP contribution is 2.21. The first kappa shape index (κ1) is 27.5. The molecular formula is C28H30Br2N2O2S. The van der Waals surface area contributed by atoms with Crippen LogP contribution in [-0.2, 0) is 28.3 Å². The van der Waals surface area contributed by atoms with Crippen molar-refractivity contribution in [1.82, 2.24) is 10.2 Å². The monoisotopic (exact) mass is 616 g/mol. The second-order valence-electron chi connectivity index (χ2n) is 8.64. The molecule has 184 valence electrons. The molecule has 0 unspecified atom stereocenters. The zero-order valence-electron chi connectivity index (χ0n) is 19.9. The molecule has 0 radical (unpaired) electrons. The van der Waals surface area contributed by atoms with E-state index < -0.39 is 6.04 Å². The van der Waals surface area contributed by atoms with Gasteiger partial charge in [-0.05, 0) is 54.8 Å². The van der Waals surface area contributed by atoms with Gasteiger partial charge in [0.1, 0.15) is 6.04 Å². The number of nitrogens with one attached hydrogen (secondary N) is 1. The van der Waals surface area contributed by atoms with Gasteiger partial charge >= 0.3 is 0 Å². The molecular weight excluding hydrogens is 588 g/mol. The SMILES string of the molecule is CC(C)NC(=O)[C@H](Cc1ccccc1)N(Cc1cccc(Br)c1)C(=O)CSCc1ccc(Br)cc1. The van der Waals surface area contributed by atoms with Gasteiger partial charge in [-0.25, -0.2) is 0 Å². The molecule has 0 heterocycles. The fourth-order valence-electron chi connectivity index (χ4n) is 3.69. The van der Waals surface area contributed by atoms with Gasteiger partial charge in [0.25, 0.3) is 0 Å². The predicted molar refractivity (Wildman–Crippen MR) is 152 cm³/mol. The van der Waals surface area contributed by atoms with Crippen LogP contribution in [0.4, 0.5) is 0 Å². The van der Waals surface area contributed by atoms with Crippen LogP contribution in [-0.4, -0.2) is 34.6 Å². The Bertz CT molecular complexity index is 1110. The van der Waals surface area contributed by atoms with E-state index in [1.165, 1.54) is 0 Å². The molecule has 0 spiro atoms. The Morgan fingerprint density at radius 3 is 2.20 bits per heavy atom. The lowest BCUT2D eigenvalue weighted by atomic mass is 10.0. The summed E-state index contributed by atoms with van der Waals surface area (Å²) in [6.45, 7) is 4.23. The van der Waals surface area contributed by atoms with Gasteiger partial charge in [0.2, 0.25) is 11.8 Å². The lowest BCUT2D eigenvalue weighted by Gasteiger charge is -2.32. The molecule has 0 saturated carbocycles. The van der Waals surface area contributed by atoms with Crippen molar-refractivity contribution >= 4 is 55.4 Å². The van der Waals surface area contributed by atoms with Crippen LogP contribution in [0.15, 0.2) is 87.8 Å². The Kier molecular flexibility index (Phi) is 10.9. The molecule has 0 saturated heterocycles. The van der Waals surface area contributed by atoms with E-state index in [4.69, 9.17) is 0 Å². The summed E-state index contributed by atoms with van der Waals surface area (Å²) in [5.41, 5.74) is 3.15. The Balaban J connectivity index is 1.84. The standard InChI is InChI=1S/C28H30Br2N2O2S/c1-20(2)31-28(34)26(16-21-7-4-3-5-8-21)32(17-23-9-6-10-25(30)15-23)27(33)19-35-18-22-11-13-24(29)14-12-22/h3-15,20,26H,16-19H2,1-2H3,(H,31,34)/t26-/m0/s1. The number of hydrogen-bond acceptors (Lipinski definition) is 3. The van der Waals surface area contributed by atoms with E-state index in [-0.39, 0.29) is 17.9 Å². The van der Waals surface area contributed by atoms with E-state index in [2.05, 4.69) is 49.3 Å². The molecule has 2 amide bonds. The zero-order chi connectivity index (χ0) is 25.2. The number of nitrogens with zero attached hydrogens (tertiary/aromatic N) is 1. The molecule has 0 aliphatic heterocycles. The molecule has 7 heteroatoms. The molecule has 1 atom stereocenters. The van der Waals surface area contributed by atoms with Crippen LogP contribution in [0.2, 0.25) is 0 Å². The molecule has 4 nitrogen and oxygen atoms in total. The van der Waals surface area contributed by atoms with Crippen molar-refractivity contribution in [2.75, 3.05) is 5.75 Å². The van der Waals surface area contributed by atoms with Crippen LogP contribution in [0.5, 0.6) is 0 Å². The molecule has 3 aromatic carbocycles. The number of hydrogen-bond donors (Lipinski definition) is 1. The van der Waals surface area contributed by atoms with Gasteiger partial charge in [-0.3, -0.25) is 9.59 Å². The lowest BCUT2D eigenvalue weighted by Crippen LogP contribution is -2.52. The van der Waals surface area contributed by atoms with Crippen LogP contribution in [0, 0.1) is 0 Å². The number of carbonyl (C=O) groups is 2. The van der Waals surface area contributed by atoms with Gasteiger partial charge in [0, 0.05) is 33.7 Å². The predicted octanol–water partition coefficient (Wildman–Crippen LogP) is 6.61.